The van der Waals surface area contributed by atoms with Gasteiger partial charge in [-0.2, -0.15) is 0 Å². The molecule has 0 aliphatic rings. The zero-order chi connectivity index (χ0) is 13.6. The van der Waals surface area contributed by atoms with Crippen LogP contribution in [0, 0.1) is 19.2 Å². The van der Waals surface area contributed by atoms with E-state index in [-0.39, 0.29) is 11.4 Å². The van der Waals surface area contributed by atoms with Gasteiger partial charge >= 0.3 is 5.69 Å². The fourth-order valence-electron chi connectivity index (χ4n) is 2.53. The van der Waals surface area contributed by atoms with Gasteiger partial charge < -0.3 is 5.11 Å². The number of aryl methyl sites for hydroxylation is 2. The first-order chi connectivity index (χ1) is 9.11. The molecule has 0 amide bonds. The summed E-state index contributed by atoms with van der Waals surface area (Å²) in [7, 11) is 0. The van der Waals surface area contributed by atoms with Crippen LogP contribution in [0.15, 0.2) is 36.4 Å². The van der Waals surface area contributed by atoms with Crippen molar-refractivity contribution >= 4 is 27.2 Å². The van der Waals surface area contributed by atoms with Crippen LogP contribution in [0.5, 0.6) is 5.75 Å². The molecule has 19 heavy (non-hydrogen) atoms. The standard InChI is InChI=1S/C16H12N2O/c1-9-3-5-11-12-6-4-10(2)8-14(12)16(19)15(18-17)13(11)7-9/h3-8H,1-2H3/p+1. The summed E-state index contributed by atoms with van der Waals surface area (Å²) in [4.78, 5) is 3.27. The molecular formula is C16H13N2O+. The van der Waals surface area contributed by atoms with Crippen molar-refractivity contribution < 1.29 is 5.11 Å². The number of phenols is 1. The lowest BCUT2D eigenvalue weighted by molar-refractivity contribution is 0.485. The van der Waals surface area contributed by atoms with Crippen LogP contribution in [0.2, 0.25) is 0 Å². The van der Waals surface area contributed by atoms with Gasteiger partial charge in [-0.05, 0) is 36.8 Å². The average Bonchev–Trinajstić information content (AvgIpc) is 2.39. The lowest BCUT2D eigenvalue weighted by Gasteiger charge is -2.06. The first kappa shape index (κ1) is 11.5. The van der Waals surface area contributed by atoms with Crippen LogP contribution >= 0.6 is 0 Å². The van der Waals surface area contributed by atoms with E-state index < -0.39 is 0 Å². The molecule has 3 heteroatoms. The molecule has 0 aliphatic carbocycles. The summed E-state index contributed by atoms with van der Waals surface area (Å²) in [6, 6.07) is 11.8. The monoisotopic (exact) mass is 249 g/mol. The summed E-state index contributed by atoms with van der Waals surface area (Å²) in [6.07, 6.45) is 0. The number of hydrogen-bond donors (Lipinski definition) is 1. The molecule has 0 atom stereocenters. The number of rotatable bonds is 0. The lowest BCUT2D eigenvalue weighted by Crippen LogP contribution is -1.83. The van der Waals surface area contributed by atoms with Crippen LogP contribution in [0.1, 0.15) is 11.1 Å². The Labute approximate surface area is 110 Å². The highest BCUT2D eigenvalue weighted by molar-refractivity contribution is 6.17. The molecule has 0 aromatic heterocycles. The quantitative estimate of drug-likeness (QED) is 0.459. The van der Waals surface area contributed by atoms with E-state index in [1.807, 2.05) is 50.2 Å². The largest absolute Gasteiger partial charge is 0.501 e. The Hall–Kier alpha value is -2.60. The zero-order valence-corrected chi connectivity index (χ0v) is 10.8. The molecule has 0 fully saturated rings. The fourth-order valence-corrected chi connectivity index (χ4v) is 2.53. The van der Waals surface area contributed by atoms with Gasteiger partial charge in [0, 0.05) is 5.39 Å². The van der Waals surface area contributed by atoms with Crippen molar-refractivity contribution in [2.24, 2.45) is 0 Å². The SMILES string of the molecule is Cc1ccc2c(c1)c(O)c([N+]#N)c1cc(C)ccc12. The third kappa shape index (κ3) is 1.61. The van der Waals surface area contributed by atoms with Crippen LogP contribution in [-0.4, -0.2) is 5.11 Å². The van der Waals surface area contributed by atoms with E-state index in [0.29, 0.717) is 5.39 Å². The van der Waals surface area contributed by atoms with Crippen LogP contribution in [0.4, 0.5) is 5.69 Å². The maximum atomic E-state index is 10.3. The number of benzene rings is 3. The Bertz CT molecular complexity index is 860. The third-order valence-electron chi connectivity index (χ3n) is 3.47. The topological polar surface area (TPSA) is 48.4 Å². The molecule has 3 rings (SSSR count). The molecule has 1 N–H and O–H groups in total. The van der Waals surface area contributed by atoms with Crippen LogP contribution in [-0.2, 0) is 0 Å². The highest BCUT2D eigenvalue weighted by Crippen LogP contribution is 2.43. The van der Waals surface area contributed by atoms with Crippen LogP contribution < -0.4 is 0 Å². The highest BCUT2D eigenvalue weighted by Gasteiger charge is 2.23. The number of fused-ring (bicyclic) bond motifs is 3. The molecule has 0 unspecified atom stereocenters. The number of nitrogens with zero attached hydrogens (tertiary/aromatic N) is 2. The summed E-state index contributed by atoms with van der Waals surface area (Å²) in [6.45, 7) is 3.94. The van der Waals surface area contributed by atoms with Gasteiger partial charge in [-0.3, -0.25) is 0 Å². The summed E-state index contributed by atoms with van der Waals surface area (Å²) >= 11 is 0. The Morgan fingerprint density at radius 3 is 1.95 bits per heavy atom. The molecule has 3 aromatic carbocycles. The Balaban J connectivity index is 2.65. The molecule has 92 valence electrons. The molecule has 0 heterocycles. The predicted molar refractivity (Wildman–Crippen MR) is 77.3 cm³/mol. The summed E-state index contributed by atoms with van der Waals surface area (Å²) in [5, 5.41) is 22.9. The second-order valence-corrected chi connectivity index (χ2v) is 4.90. The van der Waals surface area contributed by atoms with Crippen molar-refractivity contribution in [3.8, 4) is 5.75 Å². The number of diazo groups is 1. The van der Waals surface area contributed by atoms with Gasteiger partial charge in [0.05, 0.1) is 5.39 Å². The molecule has 0 radical (unpaired) electrons. The molecule has 0 spiro atoms. The van der Waals surface area contributed by atoms with Gasteiger partial charge in [0.15, 0.2) is 4.98 Å². The van der Waals surface area contributed by atoms with Gasteiger partial charge in [0.2, 0.25) is 11.1 Å². The second-order valence-electron chi connectivity index (χ2n) is 4.90. The van der Waals surface area contributed by atoms with E-state index in [1.54, 1.807) is 0 Å². The van der Waals surface area contributed by atoms with E-state index in [9.17, 15) is 10.5 Å². The molecule has 0 saturated carbocycles. The zero-order valence-electron chi connectivity index (χ0n) is 10.8. The average molecular weight is 249 g/mol. The van der Waals surface area contributed by atoms with Crippen LogP contribution in [0.25, 0.3) is 26.5 Å². The first-order valence-corrected chi connectivity index (χ1v) is 6.12. The highest BCUT2D eigenvalue weighted by atomic mass is 16.3. The van der Waals surface area contributed by atoms with Gasteiger partial charge in [-0.1, -0.05) is 35.4 Å². The molecule has 0 aliphatic heterocycles. The predicted octanol–water partition coefficient (Wildman–Crippen LogP) is 4.80. The molecule has 0 bridgehead atoms. The van der Waals surface area contributed by atoms with Gasteiger partial charge in [-0.25, -0.2) is 0 Å². The molecular weight excluding hydrogens is 236 g/mol. The Morgan fingerprint density at radius 2 is 1.37 bits per heavy atom. The third-order valence-corrected chi connectivity index (χ3v) is 3.47. The van der Waals surface area contributed by atoms with E-state index >= 15 is 0 Å². The molecule has 3 aromatic rings. The van der Waals surface area contributed by atoms with Crippen molar-refractivity contribution in [3.63, 3.8) is 0 Å². The van der Waals surface area contributed by atoms with Crippen molar-refractivity contribution in [2.45, 2.75) is 13.8 Å². The Kier molecular flexibility index (Phi) is 2.39. The Morgan fingerprint density at radius 1 is 0.842 bits per heavy atom. The van der Waals surface area contributed by atoms with Gasteiger partial charge in [0.1, 0.15) is 0 Å². The van der Waals surface area contributed by atoms with Crippen LogP contribution in [0.3, 0.4) is 0 Å². The van der Waals surface area contributed by atoms with Crippen molar-refractivity contribution in [1.82, 2.24) is 0 Å². The van der Waals surface area contributed by atoms with E-state index in [2.05, 4.69) is 4.98 Å². The van der Waals surface area contributed by atoms with Gasteiger partial charge in [0.25, 0.3) is 0 Å². The van der Waals surface area contributed by atoms with Gasteiger partial charge in [-0.15, -0.1) is 0 Å². The minimum absolute atomic E-state index is 0.0271. The van der Waals surface area contributed by atoms with E-state index in [0.717, 1.165) is 27.3 Å². The fraction of sp³-hybridized carbons (Fsp3) is 0.125. The smallest absolute Gasteiger partial charge is 0.434 e. The molecule has 0 saturated heterocycles. The van der Waals surface area contributed by atoms with E-state index in [1.165, 1.54) is 0 Å². The van der Waals surface area contributed by atoms with E-state index in [4.69, 9.17) is 0 Å². The number of hydrogen-bond acceptors (Lipinski definition) is 2. The van der Waals surface area contributed by atoms with Crippen molar-refractivity contribution in [2.75, 3.05) is 0 Å². The minimum atomic E-state index is 0.0271. The van der Waals surface area contributed by atoms with Crippen molar-refractivity contribution in [3.05, 3.63) is 52.5 Å². The normalized spacial score (nSPS) is 10.8. The number of aromatic hydroxyl groups is 1. The lowest BCUT2D eigenvalue weighted by atomic mass is 9.97. The van der Waals surface area contributed by atoms with Crippen molar-refractivity contribution in [1.29, 1.82) is 5.39 Å². The maximum absolute atomic E-state index is 10.3. The summed E-state index contributed by atoms with van der Waals surface area (Å²) in [5.74, 6) is 0.0271. The summed E-state index contributed by atoms with van der Waals surface area (Å²) in [5.41, 5.74) is 2.35. The summed E-state index contributed by atoms with van der Waals surface area (Å²) < 4.78 is 0. The number of phenolic OH excluding ortho intramolecular Hbond substituents is 1. The first-order valence-electron chi connectivity index (χ1n) is 6.12. The maximum Gasteiger partial charge on any atom is 0.434 e. The molecule has 3 nitrogen and oxygen atoms in total. The minimum Gasteiger partial charge on any atom is -0.501 e. The second kappa shape index (κ2) is 3.96.